The van der Waals surface area contributed by atoms with Gasteiger partial charge < -0.3 is 19.1 Å². The van der Waals surface area contributed by atoms with Gasteiger partial charge in [0, 0.05) is 37.1 Å². The molecule has 2 aromatic heterocycles. The van der Waals surface area contributed by atoms with E-state index in [1.165, 1.54) is 0 Å². The van der Waals surface area contributed by atoms with Crippen molar-refractivity contribution in [2.45, 2.75) is 45.1 Å². The SMILES string of the molecule is COCCOc1ccccc1-c1nnc(C2CCN(C(=O)OC(C)(C)C)CC2)c2ccsc12. The molecule has 1 aliphatic rings. The molecule has 0 bridgehead atoms. The molecule has 176 valence electrons. The molecule has 1 aliphatic heterocycles. The van der Waals surface area contributed by atoms with Crippen LogP contribution in [0, 0.1) is 0 Å². The van der Waals surface area contributed by atoms with E-state index in [2.05, 4.69) is 21.6 Å². The maximum absolute atomic E-state index is 12.4. The molecule has 1 fully saturated rings. The number of carbonyl (C=O) groups is 1. The largest absolute Gasteiger partial charge is 0.490 e. The lowest BCUT2D eigenvalue weighted by molar-refractivity contribution is 0.0204. The number of fused-ring (bicyclic) bond motifs is 1. The van der Waals surface area contributed by atoms with Crippen LogP contribution in [0.4, 0.5) is 4.79 Å². The van der Waals surface area contributed by atoms with Crippen molar-refractivity contribution in [3.63, 3.8) is 0 Å². The quantitative estimate of drug-likeness (QED) is 0.444. The highest BCUT2D eigenvalue weighted by Crippen LogP contribution is 2.39. The molecule has 1 aromatic carbocycles. The molecule has 0 N–H and O–H groups in total. The smallest absolute Gasteiger partial charge is 0.410 e. The summed E-state index contributed by atoms with van der Waals surface area (Å²) in [5, 5.41) is 12.6. The first-order valence-corrected chi connectivity index (χ1v) is 12.2. The highest BCUT2D eigenvalue weighted by Gasteiger charge is 2.29. The number of ether oxygens (including phenoxy) is 3. The van der Waals surface area contributed by atoms with Gasteiger partial charge >= 0.3 is 6.09 Å². The molecule has 0 spiro atoms. The van der Waals surface area contributed by atoms with Gasteiger partial charge in [-0.05, 0) is 57.2 Å². The van der Waals surface area contributed by atoms with Crippen LogP contribution in [0.5, 0.6) is 5.75 Å². The standard InChI is InChI=1S/C25H31N3O4S/c1-25(2,3)32-24(29)28-12-9-17(10-13-28)21-19-11-16-33-23(19)22(27-26-21)18-7-5-6-8-20(18)31-15-14-30-4/h5-8,11,16-17H,9-10,12-15H2,1-4H3. The number of aromatic nitrogens is 2. The Hall–Kier alpha value is -2.71. The number of amides is 1. The zero-order chi connectivity index (χ0) is 23.4. The van der Waals surface area contributed by atoms with Crippen LogP contribution >= 0.6 is 11.3 Å². The first-order chi connectivity index (χ1) is 15.9. The Bertz CT molecular complexity index is 1100. The Labute approximate surface area is 198 Å². The van der Waals surface area contributed by atoms with E-state index in [1.54, 1.807) is 23.3 Å². The van der Waals surface area contributed by atoms with Crippen LogP contribution in [0.25, 0.3) is 21.3 Å². The van der Waals surface area contributed by atoms with E-state index in [0.29, 0.717) is 26.3 Å². The van der Waals surface area contributed by atoms with E-state index in [1.807, 2.05) is 45.0 Å². The predicted octanol–water partition coefficient (Wildman–Crippen LogP) is 5.50. The summed E-state index contributed by atoms with van der Waals surface area (Å²) in [5.41, 5.74) is 2.29. The average Bonchev–Trinajstić information content (AvgIpc) is 3.28. The average molecular weight is 470 g/mol. The molecule has 33 heavy (non-hydrogen) atoms. The molecule has 0 unspecified atom stereocenters. The summed E-state index contributed by atoms with van der Waals surface area (Å²) in [6.07, 6.45) is 1.44. The first kappa shape index (κ1) is 23.4. The maximum Gasteiger partial charge on any atom is 0.410 e. The van der Waals surface area contributed by atoms with Gasteiger partial charge in [0.15, 0.2) is 0 Å². The lowest BCUT2D eigenvalue weighted by atomic mass is 9.91. The Balaban J connectivity index is 1.55. The van der Waals surface area contributed by atoms with Crippen molar-refractivity contribution in [2.24, 2.45) is 0 Å². The minimum atomic E-state index is -0.484. The summed E-state index contributed by atoms with van der Waals surface area (Å²) in [6, 6.07) is 10.0. The third kappa shape index (κ3) is 5.45. The Kier molecular flexibility index (Phi) is 7.14. The van der Waals surface area contributed by atoms with Gasteiger partial charge in [-0.15, -0.1) is 16.4 Å². The molecule has 3 heterocycles. The fourth-order valence-electron chi connectivity index (χ4n) is 4.06. The monoisotopic (exact) mass is 469 g/mol. The van der Waals surface area contributed by atoms with E-state index in [0.717, 1.165) is 45.6 Å². The first-order valence-electron chi connectivity index (χ1n) is 11.3. The van der Waals surface area contributed by atoms with Gasteiger partial charge in [0.25, 0.3) is 0 Å². The number of piperidine rings is 1. The second-order valence-corrected chi connectivity index (χ2v) is 10.1. The number of nitrogens with zero attached hydrogens (tertiary/aromatic N) is 3. The van der Waals surface area contributed by atoms with E-state index in [9.17, 15) is 4.79 Å². The lowest BCUT2D eigenvalue weighted by Gasteiger charge is -2.33. The Morgan fingerprint density at radius 1 is 1.12 bits per heavy atom. The minimum Gasteiger partial charge on any atom is -0.490 e. The number of methoxy groups -OCH3 is 1. The number of para-hydroxylation sites is 1. The molecule has 7 nitrogen and oxygen atoms in total. The van der Waals surface area contributed by atoms with Crippen molar-refractivity contribution in [3.8, 4) is 17.0 Å². The summed E-state index contributed by atoms with van der Waals surface area (Å²) < 4.78 is 17.7. The summed E-state index contributed by atoms with van der Waals surface area (Å²) in [5.74, 6) is 1.03. The van der Waals surface area contributed by atoms with Crippen LogP contribution in [-0.4, -0.2) is 60.2 Å². The van der Waals surface area contributed by atoms with Crippen molar-refractivity contribution < 1.29 is 19.0 Å². The maximum atomic E-state index is 12.4. The van der Waals surface area contributed by atoms with Crippen molar-refractivity contribution in [1.29, 1.82) is 0 Å². The second kappa shape index (κ2) is 10.1. The molecule has 0 radical (unpaired) electrons. The molecule has 4 rings (SSSR count). The van der Waals surface area contributed by atoms with Crippen LogP contribution in [0.1, 0.15) is 45.2 Å². The fraction of sp³-hybridized carbons (Fsp3) is 0.480. The van der Waals surface area contributed by atoms with E-state index >= 15 is 0 Å². The molecule has 0 atom stereocenters. The molecule has 8 heteroatoms. The van der Waals surface area contributed by atoms with E-state index in [-0.39, 0.29) is 12.0 Å². The fourth-order valence-corrected chi connectivity index (χ4v) is 4.96. The number of carbonyl (C=O) groups excluding carboxylic acids is 1. The van der Waals surface area contributed by atoms with Gasteiger partial charge in [0.1, 0.15) is 23.7 Å². The minimum absolute atomic E-state index is 0.242. The van der Waals surface area contributed by atoms with Crippen LogP contribution in [-0.2, 0) is 9.47 Å². The molecule has 0 saturated carbocycles. The van der Waals surface area contributed by atoms with Gasteiger partial charge in [0.05, 0.1) is 17.0 Å². The Morgan fingerprint density at radius 3 is 2.61 bits per heavy atom. The summed E-state index contributed by atoms with van der Waals surface area (Å²) >= 11 is 1.67. The van der Waals surface area contributed by atoms with Gasteiger partial charge in [-0.2, -0.15) is 5.10 Å². The predicted molar refractivity (Wildman–Crippen MR) is 130 cm³/mol. The number of hydrogen-bond acceptors (Lipinski definition) is 7. The van der Waals surface area contributed by atoms with Crippen LogP contribution in [0.2, 0.25) is 0 Å². The zero-order valence-corrected chi connectivity index (χ0v) is 20.5. The molecular formula is C25H31N3O4S. The molecule has 0 aliphatic carbocycles. The van der Waals surface area contributed by atoms with Crippen molar-refractivity contribution >= 4 is 27.5 Å². The van der Waals surface area contributed by atoms with Crippen molar-refractivity contribution in [1.82, 2.24) is 15.1 Å². The van der Waals surface area contributed by atoms with Gasteiger partial charge in [0.2, 0.25) is 0 Å². The molecule has 3 aromatic rings. The summed E-state index contributed by atoms with van der Waals surface area (Å²) in [4.78, 5) is 14.2. The molecular weight excluding hydrogens is 438 g/mol. The number of likely N-dealkylation sites (tertiary alicyclic amines) is 1. The number of thiophene rings is 1. The lowest BCUT2D eigenvalue weighted by Crippen LogP contribution is -2.41. The normalized spacial score (nSPS) is 15.1. The second-order valence-electron chi connectivity index (χ2n) is 9.18. The van der Waals surface area contributed by atoms with Crippen LogP contribution in [0.3, 0.4) is 0 Å². The number of hydrogen-bond donors (Lipinski definition) is 0. The third-order valence-electron chi connectivity index (χ3n) is 5.63. The van der Waals surface area contributed by atoms with E-state index < -0.39 is 5.60 Å². The highest BCUT2D eigenvalue weighted by molar-refractivity contribution is 7.17. The highest BCUT2D eigenvalue weighted by atomic mass is 32.1. The third-order valence-corrected chi connectivity index (χ3v) is 6.56. The van der Waals surface area contributed by atoms with Crippen molar-refractivity contribution in [3.05, 3.63) is 41.4 Å². The summed E-state index contributed by atoms with van der Waals surface area (Å²) in [6.45, 7) is 7.99. The Morgan fingerprint density at radius 2 is 1.88 bits per heavy atom. The van der Waals surface area contributed by atoms with Gasteiger partial charge in [-0.25, -0.2) is 4.79 Å². The van der Waals surface area contributed by atoms with Gasteiger partial charge in [-0.3, -0.25) is 0 Å². The summed E-state index contributed by atoms with van der Waals surface area (Å²) in [7, 11) is 1.66. The number of rotatable bonds is 6. The zero-order valence-electron chi connectivity index (χ0n) is 19.7. The topological polar surface area (TPSA) is 73.8 Å². The van der Waals surface area contributed by atoms with Crippen molar-refractivity contribution in [2.75, 3.05) is 33.4 Å². The van der Waals surface area contributed by atoms with Crippen LogP contribution in [0.15, 0.2) is 35.7 Å². The van der Waals surface area contributed by atoms with Gasteiger partial charge in [-0.1, -0.05) is 12.1 Å². The van der Waals surface area contributed by atoms with E-state index in [4.69, 9.17) is 14.2 Å². The number of benzene rings is 1. The van der Waals surface area contributed by atoms with Crippen LogP contribution < -0.4 is 4.74 Å². The molecule has 1 saturated heterocycles. The molecule has 1 amide bonds.